The van der Waals surface area contributed by atoms with Gasteiger partial charge in [0.2, 0.25) is 5.91 Å². The van der Waals surface area contributed by atoms with Crippen molar-refractivity contribution in [3.8, 4) is 0 Å². The highest BCUT2D eigenvalue weighted by Crippen LogP contribution is 2.37. The van der Waals surface area contributed by atoms with E-state index in [0.717, 1.165) is 0 Å². The van der Waals surface area contributed by atoms with E-state index in [1.165, 1.54) is 0 Å². The third kappa shape index (κ3) is 5.08. The van der Waals surface area contributed by atoms with Crippen molar-refractivity contribution in [2.75, 3.05) is 18.5 Å². The number of anilines is 1. The molecule has 0 aliphatic carbocycles. The van der Waals surface area contributed by atoms with E-state index < -0.39 is 41.1 Å². The Balaban J connectivity index is 2.24. The fraction of sp³-hybridized carbons (Fsp3) is 0.533. The second kappa shape index (κ2) is 7.20. The fourth-order valence-electron chi connectivity index (χ4n) is 2.54. The average Bonchev–Trinajstić information content (AvgIpc) is 2.53. The lowest BCUT2D eigenvalue weighted by Gasteiger charge is -2.27. The first-order chi connectivity index (χ1) is 11.5. The predicted octanol–water partition coefficient (Wildman–Crippen LogP) is 3.42. The molecule has 1 aliphatic rings. The molecule has 0 spiro atoms. The lowest BCUT2D eigenvalue weighted by atomic mass is 9.92. The summed E-state index contributed by atoms with van der Waals surface area (Å²) in [5.41, 5.74) is 2.17. The maximum atomic E-state index is 12.8. The van der Waals surface area contributed by atoms with Crippen LogP contribution >= 0.6 is 0 Å². The van der Waals surface area contributed by atoms with E-state index in [9.17, 15) is 31.1 Å². The summed E-state index contributed by atoms with van der Waals surface area (Å²) in [4.78, 5) is 12.1. The van der Waals surface area contributed by atoms with E-state index in [2.05, 4.69) is 5.32 Å². The van der Waals surface area contributed by atoms with E-state index in [1.54, 1.807) is 0 Å². The normalized spacial score (nSPS) is 18.0. The molecule has 0 bridgehead atoms. The molecule has 10 heteroatoms. The molecular formula is C15H16F6N2O2. The number of carbonyl (C=O) groups is 1. The van der Waals surface area contributed by atoms with Crippen LogP contribution < -0.4 is 11.1 Å². The largest absolute Gasteiger partial charge is 0.416 e. The molecule has 1 amide bonds. The highest BCUT2D eigenvalue weighted by molar-refractivity contribution is 5.95. The van der Waals surface area contributed by atoms with Gasteiger partial charge in [-0.2, -0.15) is 26.3 Å². The summed E-state index contributed by atoms with van der Waals surface area (Å²) in [6.45, 7) is 0.793. The van der Waals surface area contributed by atoms with Gasteiger partial charge in [-0.1, -0.05) is 0 Å². The minimum atomic E-state index is -4.98. The molecule has 1 aromatic rings. The van der Waals surface area contributed by atoms with E-state index in [1.807, 2.05) is 0 Å². The fourth-order valence-corrected chi connectivity index (χ4v) is 2.54. The van der Waals surface area contributed by atoms with Crippen LogP contribution in [0.3, 0.4) is 0 Å². The number of rotatable bonds is 3. The van der Waals surface area contributed by atoms with Crippen molar-refractivity contribution < 1.29 is 35.9 Å². The summed E-state index contributed by atoms with van der Waals surface area (Å²) in [5, 5.41) is 2.06. The molecule has 4 nitrogen and oxygen atoms in total. The standard InChI is InChI=1S/C15H16F6N2O2/c16-14(17,18)9-5-10(15(19,20)21)7-11(6-9)23-13(24)12(22)8-1-3-25-4-2-8/h5-8,12H,1-4,22H2,(H,23,24). The van der Waals surface area contributed by atoms with Crippen molar-refractivity contribution in [3.05, 3.63) is 29.3 Å². The molecule has 1 heterocycles. The van der Waals surface area contributed by atoms with Gasteiger partial charge in [-0.05, 0) is 37.0 Å². The minimum absolute atomic E-state index is 0.00589. The molecule has 140 valence electrons. The molecule has 0 radical (unpaired) electrons. The Kier molecular flexibility index (Phi) is 5.62. The smallest absolute Gasteiger partial charge is 0.381 e. The van der Waals surface area contributed by atoms with Crippen molar-refractivity contribution in [2.24, 2.45) is 11.7 Å². The Bertz CT molecular complexity index is 591. The van der Waals surface area contributed by atoms with Crippen LogP contribution in [0, 0.1) is 5.92 Å². The van der Waals surface area contributed by atoms with Gasteiger partial charge in [-0.15, -0.1) is 0 Å². The highest BCUT2D eigenvalue weighted by atomic mass is 19.4. The molecule has 1 aliphatic heterocycles. The van der Waals surface area contributed by atoms with Gasteiger partial charge >= 0.3 is 12.4 Å². The van der Waals surface area contributed by atoms with Crippen molar-refractivity contribution in [2.45, 2.75) is 31.2 Å². The number of nitrogens with two attached hydrogens (primary N) is 1. The summed E-state index contributed by atoms with van der Waals surface area (Å²) < 4.78 is 81.9. The molecule has 1 saturated heterocycles. The van der Waals surface area contributed by atoms with E-state index in [4.69, 9.17) is 10.5 Å². The zero-order valence-corrected chi connectivity index (χ0v) is 12.9. The van der Waals surface area contributed by atoms with Gasteiger partial charge in [0.15, 0.2) is 0 Å². The quantitative estimate of drug-likeness (QED) is 0.802. The predicted molar refractivity (Wildman–Crippen MR) is 76.6 cm³/mol. The second-order valence-corrected chi connectivity index (χ2v) is 5.76. The third-order valence-corrected chi connectivity index (χ3v) is 3.93. The van der Waals surface area contributed by atoms with Gasteiger partial charge < -0.3 is 15.8 Å². The van der Waals surface area contributed by atoms with E-state index in [0.29, 0.717) is 38.2 Å². The van der Waals surface area contributed by atoms with Gasteiger partial charge in [-0.3, -0.25) is 4.79 Å². The molecule has 1 atom stereocenters. The number of benzene rings is 1. The average molecular weight is 370 g/mol. The van der Waals surface area contributed by atoms with Gasteiger partial charge in [0.1, 0.15) is 0 Å². The van der Waals surface area contributed by atoms with E-state index >= 15 is 0 Å². The van der Waals surface area contributed by atoms with Gasteiger partial charge in [-0.25, -0.2) is 0 Å². The van der Waals surface area contributed by atoms with Gasteiger partial charge in [0, 0.05) is 18.9 Å². The minimum Gasteiger partial charge on any atom is -0.381 e. The lowest BCUT2D eigenvalue weighted by Crippen LogP contribution is -2.44. The second-order valence-electron chi connectivity index (χ2n) is 5.76. The monoisotopic (exact) mass is 370 g/mol. The maximum Gasteiger partial charge on any atom is 0.416 e. The van der Waals surface area contributed by atoms with Crippen LogP contribution in [0.4, 0.5) is 32.0 Å². The summed E-state index contributed by atoms with van der Waals surface area (Å²) in [7, 11) is 0. The van der Waals surface area contributed by atoms with Crippen molar-refractivity contribution in [1.82, 2.24) is 0 Å². The van der Waals surface area contributed by atoms with Crippen LogP contribution in [0.5, 0.6) is 0 Å². The molecule has 1 unspecified atom stereocenters. The molecule has 0 aromatic heterocycles. The first kappa shape index (κ1) is 19.5. The van der Waals surface area contributed by atoms with Crippen LogP contribution in [-0.4, -0.2) is 25.2 Å². The zero-order chi connectivity index (χ0) is 18.8. The number of hydrogen-bond donors (Lipinski definition) is 2. The number of nitrogens with one attached hydrogen (secondary N) is 1. The van der Waals surface area contributed by atoms with Crippen LogP contribution in [0.25, 0.3) is 0 Å². The van der Waals surface area contributed by atoms with Crippen LogP contribution in [0.2, 0.25) is 0 Å². The summed E-state index contributed by atoms with van der Waals surface area (Å²) in [6.07, 6.45) is -8.98. The molecule has 0 saturated carbocycles. The number of hydrogen-bond acceptors (Lipinski definition) is 3. The van der Waals surface area contributed by atoms with Crippen LogP contribution in [-0.2, 0) is 21.9 Å². The Morgan fingerprint density at radius 1 is 1.04 bits per heavy atom. The number of amides is 1. The lowest BCUT2D eigenvalue weighted by molar-refractivity contribution is -0.143. The summed E-state index contributed by atoms with van der Waals surface area (Å²) >= 11 is 0. The highest BCUT2D eigenvalue weighted by Gasteiger charge is 2.37. The zero-order valence-electron chi connectivity index (χ0n) is 12.9. The number of alkyl halides is 6. The van der Waals surface area contributed by atoms with Crippen LogP contribution in [0.15, 0.2) is 18.2 Å². The third-order valence-electron chi connectivity index (χ3n) is 3.93. The first-order valence-corrected chi connectivity index (χ1v) is 7.42. The van der Waals surface area contributed by atoms with Gasteiger partial charge in [0.25, 0.3) is 0 Å². The van der Waals surface area contributed by atoms with Gasteiger partial charge in [0.05, 0.1) is 17.2 Å². The Hall–Kier alpha value is -1.81. The topological polar surface area (TPSA) is 64.4 Å². The van der Waals surface area contributed by atoms with Crippen molar-refractivity contribution in [3.63, 3.8) is 0 Å². The number of halogens is 6. The van der Waals surface area contributed by atoms with Crippen molar-refractivity contribution in [1.29, 1.82) is 0 Å². The van der Waals surface area contributed by atoms with Crippen molar-refractivity contribution >= 4 is 11.6 Å². The maximum absolute atomic E-state index is 12.8. The van der Waals surface area contributed by atoms with E-state index in [-0.39, 0.29) is 12.0 Å². The Morgan fingerprint density at radius 2 is 1.52 bits per heavy atom. The molecular weight excluding hydrogens is 354 g/mol. The summed E-state index contributed by atoms with van der Waals surface area (Å²) in [5.74, 6) is -1.08. The summed E-state index contributed by atoms with van der Waals surface area (Å²) in [6, 6.07) is -0.158. The molecule has 1 fully saturated rings. The van der Waals surface area contributed by atoms with Crippen LogP contribution in [0.1, 0.15) is 24.0 Å². The Morgan fingerprint density at radius 3 is 1.96 bits per heavy atom. The number of ether oxygens (including phenoxy) is 1. The molecule has 1 aromatic carbocycles. The Labute approximate surface area is 139 Å². The molecule has 3 N–H and O–H groups in total. The SMILES string of the molecule is NC(C(=O)Nc1cc(C(F)(F)F)cc(C(F)(F)F)c1)C1CCOCC1. The first-order valence-electron chi connectivity index (χ1n) is 7.42. The number of carbonyl (C=O) groups excluding carboxylic acids is 1. The molecule has 2 rings (SSSR count). The molecule has 25 heavy (non-hydrogen) atoms.